The monoisotopic (exact) mass is 436 g/mol. The van der Waals surface area contributed by atoms with Crippen molar-refractivity contribution < 1.29 is 12.8 Å². The van der Waals surface area contributed by atoms with Crippen molar-refractivity contribution in [2.45, 2.75) is 56.6 Å². The van der Waals surface area contributed by atoms with Gasteiger partial charge in [-0.25, -0.2) is 17.5 Å². The summed E-state index contributed by atoms with van der Waals surface area (Å²) in [5, 5.41) is 3.57. The summed E-state index contributed by atoms with van der Waals surface area (Å²) in [4.78, 5) is 0. The van der Waals surface area contributed by atoms with Gasteiger partial charge < -0.3 is 5.32 Å². The van der Waals surface area contributed by atoms with Crippen molar-refractivity contribution in [1.82, 2.24) is 10.0 Å². The Bertz CT molecular complexity index is 673. The molecule has 0 heterocycles. The highest BCUT2D eigenvalue weighted by Gasteiger charge is 2.26. The Morgan fingerprint density at radius 2 is 1.96 bits per heavy atom. The Kier molecular flexibility index (Phi) is 9.35. The molecule has 0 saturated heterocycles. The van der Waals surface area contributed by atoms with Crippen LogP contribution in [0.2, 0.25) is 5.02 Å². The molecule has 0 aliphatic heterocycles. The van der Waals surface area contributed by atoms with Gasteiger partial charge in [-0.2, -0.15) is 11.8 Å². The lowest BCUT2D eigenvalue weighted by atomic mass is 9.86. The fourth-order valence-electron chi connectivity index (χ4n) is 3.15. The van der Waals surface area contributed by atoms with Crippen molar-refractivity contribution in [2.24, 2.45) is 5.92 Å². The molecule has 0 unspecified atom stereocenters. The quantitative estimate of drug-likeness (QED) is 0.540. The molecule has 0 bridgehead atoms. The third-order valence-electron chi connectivity index (χ3n) is 4.96. The topological polar surface area (TPSA) is 58.2 Å². The summed E-state index contributed by atoms with van der Waals surface area (Å²) in [6.45, 7) is 5.23. The fourth-order valence-corrected chi connectivity index (χ4v) is 5.36. The van der Waals surface area contributed by atoms with Gasteiger partial charge in [-0.05, 0) is 64.1 Å². The van der Waals surface area contributed by atoms with Crippen LogP contribution in [0.4, 0.5) is 4.39 Å². The van der Waals surface area contributed by atoms with Gasteiger partial charge in [0.2, 0.25) is 10.0 Å². The van der Waals surface area contributed by atoms with Gasteiger partial charge in [-0.3, -0.25) is 0 Å². The standard InChI is InChI=1S/C19H30ClFN2O2S2/c1-14(2)27(24,25)23-16-8-6-15(7-9-16)12-22-10-11-26-13-17-18(20)4-3-5-19(17)21/h3-5,14-16,22-23H,6-13H2,1-2H3. The predicted molar refractivity (Wildman–Crippen MR) is 113 cm³/mol. The maximum atomic E-state index is 13.7. The van der Waals surface area contributed by atoms with Crippen molar-refractivity contribution in [2.75, 3.05) is 18.8 Å². The Balaban J connectivity index is 1.57. The van der Waals surface area contributed by atoms with Crippen molar-refractivity contribution in [3.63, 3.8) is 0 Å². The zero-order valence-corrected chi connectivity index (χ0v) is 18.4. The number of sulfonamides is 1. The van der Waals surface area contributed by atoms with E-state index in [0.717, 1.165) is 44.5 Å². The molecule has 154 valence electrons. The molecule has 8 heteroatoms. The van der Waals surface area contributed by atoms with Gasteiger partial charge in [0.1, 0.15) is 5.82 Å². The third-order valence-corrected chi connectivity index (χ3v) is 8.21. The summed E-state index contributed by atoms with van der Waals surface area (Å²) in [7, 11) is -3.18. The Morgan fingerprint density at radius 1 is 1.26 bits per heavy atom. The van der Waals surface area contributed by atoms with Crippen molar-refractivity contribution >= 4 is 33.4 Å². The first-order valence-electron chi connectivity index (χ1n) is 9.52. The molecule has 1 fully saturated rings. The summed E-state index contributed by atoms with van der Waals surface area (Å²) in [6, 6.07) is 4.86. The molecule has 1 aliphatic carbocycles. The highest BCUT2D eigenvalue weighted by molar-refractivity contribution is 7.98. The van der Waals surface area contributed by atoms with E-state index < -0.39 is 10.0 Å². The molecule has 0 spiro atoms. The van der Waals surface area contributed by atoms with Gasteiger partial charge in [0, 0.05) is 34.7 Å². The highest BCUT2D eigenvalue weighted by atomic mass is 35.5. The largest absolute Gasteiger partial charge is 0.316 e. The number of benzene rings is 1. The summed E-state index contributed by atoms with van der Waals surface area (Å²) >= 11 is 7.70. The fraction of sp³-hybridized carbons (Fsp3) is 0.684. The van der Waals surface area contributed by atoms with E-state index in [4.69, 9.17) is 11.6 Å². The molecule has 27 heavy (non-hydrogen) atoms. The van der Waals surface area contributed by atoms with Crippen molar-refractivity contribution in [3.05, 3.63) is 34.6 Å². The van der Waals surface area contributed by atoms with E-state index in [9.17, 15) is 12.8 Å². The Hall–Kier alpha value is -0.340. The van der Waals surface area contributed by atoms with E-state index in [-0.39, 0.29) is 17.1 Å². The number of hydrogen-bond acceptors (Lipinski definition) is 4. The average molecular weight is 437 g/mol. The molecular formula is C19H30ClFN2O2S2. The maximum absolute atomic E-state index is 13.7. The molecule has 1 saturated carbocycles. The van der Waals surface area contributed by atoms with Crippen LogP contribution in [0, 0.1) is 11.7 Å². The smallest absolute Gasteiger partial charge is 0.214 e. The number of thioether (sulfide) groups is 1. The van der Waals surface area contributed by atoms with E-state index in [2.05, 4.69) is 10.0 Å². The minimum atomic E-state index is -3.18. The van der Waals surface area contributed by atoms with E-state index in [0.29, 0.717) is 22.3 Å². The van der Waals surface area contributed by atoms with Gasteiger partial charge in [0.05, 0.1) is 5.25 Å². The molecule has 0 amide bonds. The Morgan fingerprint density at radius 3 is 2.59 bits per heavy atom. The zero-order valence-electron chi connectivity index (χ0n) is 16.0. The minimum Gasteiger partial charge on any atom is -0.316 e. The van der Waals surface area contributed by atoms with Crippen LogP contribution in [0.15, 0.2) is 18.2 Å². The Labute approximate surface area is 172 Å². The van der Waals surface area contributed by atoms with Crippen LogP contribution >= 0.6 is 23.4 Å². The van der Waals surface area contributed by atoms with E-state index >= 15 is 0 Å². The molecule has 2 rings (SSSR count). The van der Waals surface area contributed by atoms with Gasteiger partial charge >= 0.3 is 0 Å². The lowest BCUT2D eigenvalue weighted by Crippen LogP contribution is -2.42. The van der Waals surface area contributed by atoms with Crippen LogP contribution in [0.3, 0.4) is 0 Å². The normalized spacial score (nSPS) is 20.9. The van der Waals surface area contributed by atoms with Crippen LogP contribution in [0.5, 0.6) is 0 Å². The van der Waals surface area contributed by atoms with Crippen LogP contribution in [-0.4, -0.2) is 38.6 Å². The lowest BCUT2D eigenvalue weighted by molar-refractivity contribution is 0.304. The van der Waals surface area contributed by atoms with E-state index in [1.807, 2.05) is 0 Å². The summed E-state index contributed by atoms with van der Waals surface area (Å²) in [5.74, 6) is 1.83. The van der Waals surface area contributed by atoms with Crippen LogP contribution in [0.1, 0.15) is 45.1 Å². The van der Waals surface area contributed by atoms with Gasteiger partial charge in [0.15, 0.2) is 0 Å². The molecule has 1 aromatic rings. The molecule has 4 nitrogen and oxygen atoms in total. The SMILES string of the molecule is CC(C)S(=O)(=O)NC1CCC(CNCCSCc2c(F)cccc2Cl)CC1. The number of nitrogens with one attached hydrogen (secondary N) is 2. The highest BCUT2D eigenvalue weighted by Crippen LogP contribution is 2.25. The zero-order chi connectivity index (χ0) is 19.9. The van der Waals surface area contributed by atoms with Crippen molar-refractivity contribution in [3.8, 4) is 0 Å². The first kappa shape index (κ1) is 22.9. The molecule has 0 atom stereocenters. The predicted octanol–water partition coefficient (Wildman–Crippen LogP) is 4.19. The number of halogens is 2. The van der Waals surface area contributed by atoms with Crippen LogP contribution in [-0.2, 0) is 15.8 Å². The summed E-state index contributed by atoms with van der Waals surface area (Å²) in [6.07, 6.45) is 3.88. The second-order valence-corrected chi connectivity index (χ2v) is 11.2. The van der Waals surface area contributed by atoms with Gasteiger partial charge in [-0.1, -0.05) is 17.7 Å². The molecule has 2 N–H and O–H groups in total. The first-order chi connectivity index (χ1) is 12.8. The van der Waals surface area contributed by atoms with E-state index in [1.54, 1.807) is 37.7 Å². The summed E-state index contributed by atoms with van der Waals surface area (Å²) in [5.41, 5.74) is 0.575. The summed E-state index contributed by atoms with van der Waals surface area (Å²) < 4.78 is 40.4. The van der Waals surface area contributed by atoms with Crippen LogP contribution in [0.25, 0.3) is 0 Å². The average Bonchev–Trinajstić information content (AvgIpc) is 2.61. The second kappa shape index (κ2) is 11.0. The van der Waals surface area contributed by atoms with Gasteiger partial charge in [-0.15, -0.1) is 0 Å². The molecule has 0 radical (unpaired) electrons. The number of hydrogen-bond donors (Lipinski definition) is 2. The molecule has 1 aromatic carbocycles. The van der Waals surface area contributed by atoms with Gasteiger partial charge in [0.25, 0.3) is 0 Å². The lowest BCUT2D eigenvalue weighted by Gasteiger charge is -2.29. The molecule has 0 aromatic heterocycles. The minimum absolute atomic E-state index is 0.0784. The third kappa shape index (κ3) is 7.54. The first-order valence-corrected chi connectivity index (χ1v) is 12.6. The van der Waals surface area contributed by atoms with Crippen molar-refractivity contribution in [1.29, 1.82) is 0 Å². The number of rotatable bonds is 10. The molecule has 1 aliphatic rings. The van der Waals surface area contributed by atoms with E-state index in [1.165, 1.54) is 6.07 Å². The second-order valence-electron chi connectivity index (χ2n) is 7.39. The van der Waals surface area contributed by atoms with Crippen LogP contribution < -0.4 is 10.0 Å². The molecular weight excluding hydrogens is 407 g/mol. The maximum Gasteiger partial charge on any atom is 0.214 e.